The van der Waals surface area contributed by atoms with Gasteiger partial charge in [-0.25, -0.2) is 4.98 Å². The fraction of sp³-hybridized carbons (Fsp3) is 0.444. The van der Waals surface area contributed by atoms with Crippen LogP contribution >= 0.6 is 0 Å². The maximum absolute atomic E-state index is 5.88. The lowest BCUT2D eigenvalue weighted by Crippen LogP contribution is -2.46. The Morgan fingerprint density at radius 1 is 1.17 bits per heavy atom. The molecule has 1 fully saturated rings. The molecular formula is C18H22N4O2. The van der Waals surface area contributed by atoms with Gasteiger partial charge in [0.1, 0.15) is 11.5 Å². The van der Waals surface area contributed by atoms with Gasteiger partial charge < -0.3 is 14.1 Å². The molecule has 1 aliphatic rings. The van der Waals surface area contributed by atoms with Crippen LogP contribution in [0.15, 0.2) is 28.9 Å². The first-order chi connectivity index (χ1) is 11.5. The average Bonchev–Trinajstić information content (AvgIpc) is 3.16. The number of rotatable bonds is 2. The van der Waals surface area contributed by atoms with E-state index in [0.29, 0.717) is 0 Å². The molecule has 0 unspecified atom stereocenters. The van der Waals surface area contributed by atoms with Gasteiger partial charge in [-0.05, 0) is 39.8 Å². The third-order valence-corrected chi connectivity index (χ3v) is 4.54. The molecule has 0 radical (unpaired) electrons. The van der Waals surface area contributed by atoms with Crippen LogP contribution in [0.2, 0.25) is 0 Å². The van der Waals surface area contributed by atoms with Crippen molar-refractivity contribution >= 4 is 11.5 Å². The van der Waals surface area contributed by atoms with E-state index < -0.39 is 0 Å². The van der Waals surface area contributed by atoms with Crippen LogP contribution in [0.25, 0.3) is 17.1 Å². The van der Waals surface area contributed by atoms with Gasteiger partial charge in [0, 0.05) is 30.4 Å². The van der Waals surface area contributed by atoms with Gasteiger partial charge in [0.15, 0.2) is 11.4 Å². The molecule has 0 saturated carbocycles. The fourth-order valence-corrected chi connectivity index (χ4v) is 3.45. The first-order valence-electron chi connectivity index (χ1n) is 8.34. The Bertz CT molecular complexity index is 859. The number of ether oxygens (including phenoxy) is 1. The summed E-state index contributed by atoms with van der Waals surface area (Å²) in [7, 11) is 0. The summed E-state index contributed by atoms with van der Waals surface area (Å²) in [5, 5.41) is 4.76. The van der Waals surface area contributed by atoms with Crippen molar-refractivity contribution in [1.29, 1.82) is 0 Å². The Balaban J connectivity index is 1.88. The molecule has 4 heterocycles. The fourth-order valence-electron chi connectivity index (χ4n) is 3.45. The minimum atomic E-state index is 0.191. The van der Waals surface area contributed by atoms with E-state index in [9.17, 15) is 0 Å². The largest absolute Gasteiger partial charge is 0.463 e. The first-order valence-corrected chi connectivity index (χ1v) is 8.34. The van der Waals surface area contributed by atoms with Gasteiger partial charge in [0.25, 0.3) is 0 Å². The Morgan fingerprint density at radius 3 is 2.58 bits per heavy atom. The highest BCUT2D eigenvalue weighted by Crippen LogP contribution is 2.29. The summed E-state index contributed by atoms with van der Waals surface area (Å²) in [6.07, 6.45) is 2.05. The molecule has 6 nitrogen and oxygen atoms in total. The van der Waals surface area contributed by atoms with Crippen LogP contribution in [0.4, 0.5) is 5.82 Å². The average molecular weight is 326 g/mol. The number of hydrogen-bond donors (Lipinski definition) is 0. The molecule has 1 aliphatic heterocycles. The lowest BCUT2D eigenvalue weighted by molar-refractivity contribution is -0.00561. The van der Waals surface area contributed by atoms with Crippen molar-refractivity contribution in [2.45, 2.75) is 39.9 Å². The second-order valence-corrected chi connectivity index (χ2v) is 6.59. The Morgan fingerprint density at radius 2 is 1.92 bits per heavy atom. The number of aromatic nitrogens is 3. The van der Waals surface area contributed by atoms with Crippen LogP contribution in [0, 0.1) is 13.8 Å². The van der Waals surface area contributed by atoms with E-state index in [0.717, 1.165) is 47.3 Å². The molecule has 0 aromatic carbocycles. The van der Waals surface area contributed by atoms with Crippen LogP contribution < -0.4 is 4.90 Å². The van der Waals surface area contributed by atoms with Gasteiger partial charge in [-0.2, -0.15) is 9.61 Å². The maximum Gasteiger partial charge on any atom is 0.158 e. The standard InChI is InChI=1S/C18H22N4O2/c1-11-9-21(10-12(2)24-11)18-13(3)14(4)19-17-8-15(20-22(17)18)16-6-5-7-23-16/h5-8,11-12H,9-10H2,1-4H3/t11-,12+. The SMILES string of the molecule is Cc1nc2cc(-c3ccco3)nn2c(N2C[C@@H](C)O[C@@H](C)C2)c1C. The highest BCUT2D eigenvalue weighted by atomic mass is 16.5. The molecule has 0 aliphatic carbocycles. The van der Waals surface area contributed by atoms with Crippen molar-refractivity contribution in [3.8, 4) is 11.5 Å². The molecule has 1 saturated heterocycles. The monoisotopic (exact) mass is 326 g/mol. The molecule has 0 amide bonds. The number of nitrogens with zero attached hydrogens (tertiary/aromatic N) is 4. The molecule has 126 valence electrons. The molecule has 0 bridgehead atoms. The van der Waals surface area contributed by atoms with E-state index in [1.807, 2.05) is 29.6 Å². The highest BCUT2D eigenvalue weighted by molar-refractivity contribution is 5.64. The predicted molar refractivity (Wildman–Crippen MR) is 92.4 cm³/mol. The van der Waals surface area contributed by atoms with Crippen molar-refractivity contribution in [2.24, 2.45) is 0 Å². The summed E-state index contributed by atoms with van der Waals surface area (Å²) >= 11 is 0. The van der Waals surface area contributed by atoms with E-state index >= 15 is 0 Å². The molecule has 6 heteroatoms. The van der Waals surface area contributed by atoms with Crippen molar-refractivity contribution in [2.75, 3.05) is 18.0 Å². The molecule has 24 heavy (non-hydrogen) atoms. The van der Waals surface area contributed by atoms with Crippen molar-refractivity contribution < 1.29 is 9.15 Å². The van der Waals surface area contributed by atoms with Crippen LogP contribution in [-0.2, 0) is 4.74 Å². The first kappa shape index (κ1) is 15.2. The second kappa shape index (κ2) is 5.63. The van der Waals surface area contributed by atoms with Gasteiger partial charge in [-0.15, -0.1) is 0 Å². The molecule has 2 atom stereocenters. The van der Waals surface area contributed by atoms with Gasteiger partial charge in [0.2, 0.25) is 0 Å². The minimum absolute atomic E-state index is 0.191. The van der Waals surface area contributed by atoms with Crippen LogP contribution in [0.1, 0.15) is 25.1 Å². The van der Waals surface area contributed by atoms with Gasteiger partial charge in [-0.3, -0.25) is 0 Å². The quantitative estimate of drug-likeness (QED) is 0.724. The normalized spacial score (nSPS) is 21.6. The number of fused-ring (bicyclic) bond motifs is 1. The molecule has 4 rings (SSSR count). The van der Waals surface area contributed by atoms with Gasteiger partial charge in [-0.1, -0.05) is 0 Å². The molecular weight excluding hydrogens is 304 g/mol. The number of hydrogen-bond acceptors (Lipinski definition) is 5. The van der Waals surface area contributed by atoms with Gasteiger partial charge in [0.05, 0.1) is 18.5 Å². The predicted octanol–water partition coefficient (Wildman–Crippen LogP) is 3.22. The number of furan rings is 1. The highest BCUT2D eigenvalue weighted by Gasteiger charge is 2.27. The maximum atomic E-state index is 5.88. The third-order valence-electron chi connectivity index (χ3n) is 4.54. The van der Waals surface area contributed by atoms with Crippen LogP contribution in [-0.4, -0.2) is 39.9 Å². The Kier molecular flexibility index (Phi) is 3.57. The van der Waals surface area contributed by atoms with E-state index in [4.69, 9.17) is 19.2 Å². The lowest BCUT2D eigenvalue weighted by Gasteiger charge is -2.37. The van der Waals surface area contributed by atoms with E-state index in [-0.39, 0.29) is 12.2 Å². The van der Waals surface area contributed by atoms with E-state index in [1.165, 1.54) is 0 Å². The summed E-state index contributed by atoms with van der Waals surface area (Å²) < 4.78 is 13.3. The lowest BCUT2D eigenvalue weighted by atomic mass is 10.2. The summed E-state index contributed by atoms with van der Waals surface area (Å²) in [6, 6.07) is 5.76. The summed E-state index contributed by atoms with van der Waals surface area (Å²) in [4.78, 5) is 7.06. The van der Waals surface area contributed by atoms with E-state index in [2.05, 4.69) is 25.7 Å². The Labute approximate surface area is 141 Å². The topological polar surface area (TPSA) is 55.8 Å². The number of morpholine rings is 1. The smallest absolute Gasteiger partial charge is 0.158 e. The minimum Gasteiger partial charge on any atom is -0.463 e. The van der Waals surface area contributed by atoms with Gasteiger partial charge >= 0.3 is 0 Å². The zero-order valence-electron chi connectivity index (χ0n) is 14.5. The molecule has 0 spiro atoms. The van der Waals surface area contributed by atoms with Crippen molar-refractivity contribution in [3.05, 3.63) is 35.7 Å². The summed E-state index contributed by atoms with van der Waals surface area (Å²) in [5.41, 5.74) is 3.81. The zero-order valence-corrected chi connectivity index (χ0v) is 14.5. The zero-order chi connectivity index (χ0) is 16.8. The second-order valence-electron chi connectivity index (χ2n) is 6.59. The third kappa shape index (κ3) is 2.47. The van der Waals surface area contributed by atoms with E-state index in [1.54, 1.807) is 6.26 Å². The van der Waals surface area contributed by atoms with Crippen LogP contribution in [0.3, 0.4) is 0 Å². The number of anilines is 1. The molecule has 0 N–H and O–H groups in total. The number of aryl methyl sites for hydroxylation is 1. The van der Waals surface area contributed by atoms with Crippen LogP contribution in [0.5, 0.6) is 0 Å². The summed E-state index contributed by atoms with van der Waals surface area (Å²) in [6.45, 7) is 10.1. The van der Waals surface area contributed by atoms with Crippen molar-refractivity contribution in [3.63, 3.8) is 0 Å². The van der Waals surface area contributed by atoms with Crippen molar-refractivity contribution in [1.82, 2.24) is 14.6 Å². The summed E-state index contributed by atoms with van der Waals surface area (Å²) in [5.74, 6) is 1.85. The molecule has 3 aromatic rings. The Hall–Kier alpha value is -2.34. The molecule has 3 aromatic heterocycles.